The molecule has 0 spiro atoms. The van der Waals surface area contributed by atoms with E-state index in [1.165, 1.54) is 8.74 Å². The first-order chi connectivity index (χ1) is 14.9. The van der Waals surface area contributed by atoms with E-state index < -0.39 is 0 Å². The van der Waals surface area contributed by atoms with Gasteiger partial charge in [-0.1, -0.05) is 0 Å². The van der Waals surface area contributed by atoms with Crippen molar-refractivity contribution in [3.05, 3.63) is 86.9 Å². The summed E-state index contributed by atoms with van der Waals surface area (Å²) in [5, 5.41) is 8.70. The van der Waals surface area contributed by atoms with E-state index in [1.54, 1.807) is 12.1 Å². The molecular formula is C22H18Cl2N4OSSe. The first kappa shape index (κ1) is 22.1. The molecule has 2 amide bonds. The number of anilines is 1. The molecule has 2 aromatic heterocycles. The van der Waals surface area contributed by atoms with E-state index in [-0.39, 0.29) is 27.1 Å². The number of nitrogens with zero attached hydrogens (tertiary/aromatic N) is 3. The average Bonchev–Trinajstić information content (AvgIpc) is 3.37. The number of amides is 2. The zero-order valence-corrected chi connectivity index (χ0v) is 20.5. The van der Waals surface area contributed by atoms with Crippen molar-refractivity contribution in [2.75, 3.05) is 5.32 Å². The number of urea groups is 1. The fourth-order valence-corrected chi connectivity index (χ4v) is 5.52. The molecule has 158 valence electrons. The number of rotatable bonds is 5. The van der Waals surface area contributed by atoms with Gasteiger partial charge in [0.25, 0.3) is 0 Å². The number of hydrogen-bond acceptors (Lipinski definition) is 3. The summed E-state index contributed by atoms with van der Waals surface area (Å²) >= 11 is 17.2. The van der Waals surface area contributed by atoms with Crippen LogP contribution in [0.3, 0.4) is 0 Å². The van der Waals surface area contributed by atoms with Gasteiger partial charge in [0.2, 0.25) is 0 Å². The van der Waals surface area contributed by atoms with Crippen molar-refractivity contribution in [1.82, 2.24) is 14.1 Å². The average molecular weight is 536 g/mol. The van der Waals surface area contributed by atoms with Crippen LogP contribution in [0.5, 0.6) is 0 Å². The molecule has 0 atom stereocenters. The van der Waals surface area contributed by atoms with E-state index >= 15 is 0 Å². The van der Waals surface area contributed by atoms with E-state index in [4.69, 9.17) is 28.3 Å². The van der Waals surface area contributed by atoms with E-state index in [9.17, 15) is 4.79 Å². The summed E-state index contributed by atoms with van der Waals surface area (Å²) < 4.78 is 4.33. The summed E-state index contributed by atoms with van der Waals surface area (Å²) in [6.45, 7) is 2.23. The summed E-state index contributed by atoms with van der Waals surface area (Å²) in [5.41, 5.74) is 4.14. The number of halogens is 2. The van der Waals surface area contributed by atoms with Crippen LogP contribution in [0.1, 0.15) is 11.3 Å². The summed E-state index contributed by atoms with van der Waals surface area (Å²) in [6, 6.07) is 18.4. The third-order valence-corrected chi connectivity index (χ3v) is 7.37. The van der Waals surface area contributed by atoms with Gasteiger partial charge in [0, 0.05) is 0 Å². The van der Waals surface area contributed by atoms with E-state index in [0.29, 0.717) is 15.7 Å². The molecule has 2 aromatic carbocycles. The second kappa shape index (κ2) is 9.55. The van der Waals surface area contributed by atoms with Gasteiger partial charge in [-0.3, -0.25) is 0 Å². The fourth-order valence-electron chi connectivity index (χ4n) is 3.14. The topological polar surface area (TPSA) is 50.2 Å². The Morgan fingerprint density at radius 3 is 2.61 bits per heavy atom. The summed E-state index contributed by atoms with van der Waals surface area (Å²) in [5.74, 6) is 0. The third kappa shape index (κ3) is 4.86. The Morgan fingerprint density at radius 2 is 1.94 bits per heavy atom. The molecule has 4 aromatic rings. The first-order valence-electron chi connectivity index (χ1n) is 9.34. The van der Waals surface area contributed by atoms with Crippen molar-refractivity contribution in [1.29, 1.82) is 0 Å². The molecule has 0 radical (unpaired) electrons. The van der Waals surface area contributed by atoms with Crippen LogP contribution >= 0.6 is 36.0 Å². The van der Waals surface area contributed by atoms with Crippen molar-refractivity contribution >= 4 is 62.2 Å². The minimum absolute atomic E-state index is 0.198. The first-order valence-corrected chi connectivity index (χ1v) is 12.3. The number of nitrogens with one attached hydrogen (secondary N) is 1. The molecular weight excluding hydrogens is 518 g/mol. The van der Waals surface area contributed by atoms with Gasteiger partial charge in [-0.25, -0.2) is 0 Å². The van der Waals surface area contributed by atoms with Crippen LogP contribution in [0.4, 0.5) is 10.5 Å². The number of benzene rings is 2. The van der Waals surface area contributed by atoms with Crippen LogP contribution < -0.4 is 5.32 Å². The molecule has 4 rings (SSSR count). The monoisotopic (exact) mass is 536 g/mol. The Bertz CT molecular complexity index is 1210. The van der Waals surface area contributed by atoms with Crippen LogP contribution in [-0.2, 0) is 6.54 Å². The fraction of sp³-hybridized carbons (Fsp3) is 0.0909. The van der Waals surface area contributed by atoms with Crippen LogP contribution in [-0.4, -0.2) is 34.6 Å². The van der Waals surface area contributed by atoms with Gasteiger partial charge in [-0.2, -0.15) is 0 Å². The quantitative estimate of drug-likeness (QED) is 0.240. The molecule has 31 heavy (non-hydrogen) atoms. The normalized spacial score (nSPS) is 10.8. The predicted octanol–water partition coefficient (Wildman–Crippen LogP) is 6.09. The Kier molecular flexibility index (Phi) is 6.80. The van der Waals surface area contributed by atoms with Gasteiger partial charge in [-0.05, 0) is 0 Å². The summed E-state index contributed by atoms with van der Waals surface area (Å²) in [7, 11) is 0. The molecule has 0 unspecified atom stereocenters. The SMILES string of the molecule is Cc1c(CN(S)C(=O)Nc2ccccc2)nn(-c2ccc(Cl)cc2Cl)c1-c1ccc[se]1. The molecule has 0 aliphatic heterocycles. The number of para-hydroxylation sites is 1. The Labute approximate surface area is 201 Å². The molecule has 0 aliphatic carbocycles. The van der Waals surface area contributed by atoms with Gasteiger partial charge in [0.1, 0.15) is 0 Å². The second-order valence-electron chi connectivity index (χ2n) is 6.76. The summed E-state index contributed by atoms with van der Waals surface area (Å²) in [4.78, 5) is 14.7. The maximum atomic E-state index is 12.6. The molecule has 9 heteroatoms. The van der Waals surface area contributed by atoms with Gasteiger partial charge in [-0.15, -0.1) is 0 Å². The Morgan fingerprint density at radius 1 is 1.16 bits per heavy atom. The molecule has 5 nitrogen and oxygen atoms in total. The molecule has 0 aliphatic rings. The van der Waals surface area contributed by atoms with Gasteiger partial charge >= 0.3 is 203 Å². The molecule has 0 saturated heterocycles. The number of aromatic nitrogens is 2. The standard InChI is InChI=1S/C22H18Cl2N4OSSe/c1-14-18(13-27(30)22(29)25-16-6-3-2-4-7-16)26-28(21(14)20-8-5-11-31-20)19-10-9-15(23)12-17(19)24/h2-12,30H,13H2,1H3,(H,25,29). The van der Waals surface area contributed by atoms with Crippen molar-refractivity contribution in [3.63, 3.8) is 0 Å². The number of carbonyl (C=O) groups is 1. The molecule has 0 saturated carbocycles. The van der Waals surface area contributed by atoms with Crippen LogP contribution in [0, 0.1) is 6.92 Å². The minimum atomic E-state index is -0.333. The molecule has 0 fully saturated rings. The Balaban J connectivity index is 1.68. The number of thiol groups is 1. The van der Waals surface area contributed by atoms with Crippen LogP contribution in [0.25, 0.3) is 15.8 Å². The van der Waals surface area contributed by atoms with E-state index in [2.05, 4.69) is 29.1 Å². The molecule has 0 bridgehead atoms. The maximum absolute atomic E-state index is 12.6. The number of hydrogen-bond donors (Lipinski definition) is 2. The van der Waals surface area contributed by atoms with Crippen molar-refractivity contribution in [2.24, 2.45) is 0 Å². The van der Waals surface area contributed by atoms with E-state index in [1.807, 2.05) is 54.1 Å². The Hall–Kier alpha value is -2.15. The number of carbonyl (C=O) groups excluding carboxylic acids is 1. The zero-order valence-electron chi connectivity index (χ0n) is 16.4. The van der Waals surface area contributed by atoms with Crippen molar-refractivity contribution < 1.29 is 4.79 Å². The van der Waals surface area contributed by atoms with E-state index in [0.717, 1.165) is 22.6 Å². The van der Waals surface area contributed by atoms with Gasteiger partial charge < -0.3 is 0 Å². The second-order valence-corrected chi connectivity index (χ2v) is 10.1. The van der Waals surface area contributed by atoms with Crippen LogP contribution in [0.2, 0.25) is 10.0 Å². The molecule has 2 heterocycles. The van der Waals surface area contributed by atoms with Gasteiger partial charge in [0.15, 0.2) is 0 Å². The zero-order chi connectivity index (χ0) is 22.0. The van der Waals surface area contributed by atoms with Crippen molar-refractivity contribution in [2.45, 2.75) is 13.5 Å². The van der Waals surface area contributed by atoms with Gasteiger partial charge in [0.05, 0.1) is 0 Å². The third-order valence-electron chi connectivity index (χ3n) is 4.67. The van der Waals surface area contributed by atoms with Crippen LogP contribution in [0.15, 0.2) is 65.6 Å². The predicted molar refractivity (Wildman–Crippen MR) is 131 cm³/mol. The molecule has 1 N–H and O–H groups in total. The van der Waals surface area contributed by atoms with Crippen molar-refractivity contribution in [3.8, 4) is 15.8 Å². The summed E-state index contributed by atoms with van der Waals surface area (Å²) in [6.07, 6.45) is 0.